The molecular weight excluding hydrogens is 274 g/mol. The first kappa shape index (κ1) is 13.5. The van der Waals surface area contributed by atoms with Crippen LogP contribution in [0.1, 0.15) is 23.5 Å². The van der Waals surface area contributed by atoms with Crippen LogP contribution in [0.3, 0.4) is 0 Å². The molecule has 1 aromatic rings. The number of aromatic carboxylic acids is 1. The van der Waals surface area contributed by atoms with E-state index in [1.54, 1.807) is 0 Å². The molecule has 0 saturated carbocycles. The molecule has 0 radical (unpaired) electrons. The maximum atomic E-state index is 12.3. The highest BCUT2D eigenvalue weighted by atomic mass is 32.2. The molecule has 5 nitrogen and oxygen atoms in total. The molecule has 1 fully saturated rings. The third kappa shape index (κ3) is 2.30. The average molecular weight is 289 g/mol. The van der Waals surface area contributed by atoms with Gasteiger partial charge in [0.2, 0.25) is 0 Å². The van der Waals surface area contributed by atoms with Gasteiger partial charge in [0.15, 0.2) is 0 Å². The zero-order chi connectivity index (χ0) is 13.5. The van der Waals surface area contributed by atoms with Crippen LogP contribution >= 0.6 is 11.3 Å². The Labute approximate surface area is 110 Å². The van der Waals surface area contributed by atoms with Crippen LogP contribution < -0.4 is 0 Å². The van der Waals surface area contributed by atoms with Gasteiger partial charge < -0.3 is 5.11 Å². The standard InChI is InChI=1S/C11H15NO4S2/c1-7-5-12(6-8(7)2)18(15,16)10-4-3-9(17-10)11(13)14/h3-4,7-8H,5-6H2,1-2H3,(H,13,14). The van der Waals surface area contributed by atoms with Gasteiger partial charge in [-0.3, -0.25) is 0 Å². The molecule has 2 rings (SSSR count). The van der Waals surface area contributed by atoms with Gasteiger partial charge in [-0.2, -0.15) is 4.31 Å². The normalized spacial score (nSPS) is 25.4. The first-order valence-corrected chi connectivity index (χ1v) is 7.91. The number of nitrogens with zero attached hydrogens (tertiary/aromatic N) is 1. The number of hydrogen-bond acceptors (Lipinski definition) is 4. The van der Waals surface area contributed by atoms with Gasteiger partial charge >= 0.3 is 5.97 Å². The minimum absolute atomic E-state index is 0.0499. The lowest BCUT2D eigenvalue weighted by atomic mass is 10.0. The van der Waals surface area contributed by atoms with Gasteiger partial charge in [-0.1, -0.05) is 13.8 Å². The number of hydrogen-bond donors (Lipinski definition) is 1. The fourth-order valence-electron chi connectivity index (χ4n) is 1.97. The Morgan fingerprint density at radius 2 is 1.89 bits per heavy atom. The van der Waals surface area contributed by atoms with Gasteiger partial charge in [0.25, 0.3) is 10.0 Å². The molecule has 1 N–H and O–H groups in total. The number of rotatable bonds is 3. The Kier molecular flexibility index (Phi) is 3.48. The van der Waals surface area contributed by atoms with Crippen LogP contribution in [-0.2, 0) is 10.0 Å². The average Bonchev–Trinajstić information content (AvgIpc) is 2.87. The van der Waals surface area contributed by atoms with E-state index in [0.29, 0.717) is 24.9 Å². The molecule has 0 aromatic carbocycles. The Balaban J connectivity index is 2.28. The third-order valence-electron chi connectivity index (χ3n) is 3.34. The first-order valence-electron chi connectivity index (χ1n) is 5.65. The zero-order valence-electron chi connectivity index (χ0n) is 10.2. The molecule has 100 valence electrons. The maximum absolute atomic E-state index is 12.3. The van der Waals surface area contributed by atoms with E-state index in [1.165, 1.54) is 16.4 Å². The van der Waals surface area contributed by atoms with Crippen molar-refractivity contribution in [3.63, 3.8) is 0 Å². The van der Waals surface area contributed by atoms with Gasteiger partial charge in [0.05, 0.1) is 0 Å². The highest BCUT2D eigenvalue weighted by molar-refractivity contribution is 7.91. The summed E-state index contributed by atoms with van der Waals surface area (Å²) in [5, 5.41) is 8.82. The Hall–Kier alpha value is -0.920. The summed E-state index contributed by atoms with van der Waals surface area (Å²) in [5.74, 6) is -0.429. The molecule has 18 heavy (non-hydrogen) atoms. The molecule has 0 bridgehead atoms. The van der Waals surface area contributed by atoms with Crippen molar-refractivity contribution in [3.05, 3.63) is 17.0 Å². The van der Waals surface area contributed by atoms with E-state index < -0.39 is 16.0 Å². The molecule has 2 atom stereocenters. The molecule has 0 spiro atoms. The van der Waals surface area contributed by atoms with Gasteiger partial charge in [-0.05, 0) is 24.0 Å². The van der Waals surface area contributed by atoms with E-state index in [9.17, 15) is 13.2 Å². The van der Waals surface area contributed by atoms with Crippen molar-refractivity contribution in [2.24, 2.45) is 11.8 Å². The Morgan fingerprint density at radius 1 is 1.33 bits per heavy atom. The summed E-state index contributed by atoms with van der Waals surface area (Å²) >= 11 is 0.808. The quantitative estimate of drug-likeness (QED) is 0.919. The Bertz CT molecular complexity index is 553. The van der Waals surface area contributed by atoms with Gasteiger partial charge in [0.1, 0.15) is 9.09 Å². The lowest BCUT2D eigenvalue weighted by Crippen LogP contribution is -2.28. The van der Waals surface area contributed by atoms with Crippen LogP contribution in [0.15, 0.2) is 16.3 Å². The fourth-order valence-corrected chi connectivity index (χ4v) is 4.91. The second kappa shape index (κ2) is 4.64. The van der Waals surface area contributed by atoms with E-state index in [1.807, 2.05) is 13.8 Å². The van der Waals surface area contributed by atoms with Crippen molar-refractivity contribution in [2.75, 3.05) is 13.1 Å². The van der Waals surface area contributed by atoms with Crippen LogP contribution in [0.5, 0.6) is 0 Å². The van der Waals surface area contributed by atoms with E-state index in [4.69, 9.17) is 5.11 Å². The van der Waals surface area contributed by atoms with Crippen molar-refractivity contribution in [1.82, 2.24) is 4.31 Å². The Morgan fingerprint density at radius 3 is 2.33 bits per heavy atom. The smallest absolute Gasteiger partial charge is 0.345 e. The molecule has 2 heterocycles. The van der Waals surface area contributed by atoms with E-state index in [-0.39, 0.29) is 9.09 Å². The minimum Gasteiger partial charge on any atom is -0.477 e. The van der Waals surface area contributed by atoms with E-state index in [0.717, 1.165) is 11.3 Å². The third-order valence-corrected chi connectivity index (χ3v) is 6.71. The molecule has 1 aliphatic heterocycles. The SMILES string of the molecule is CC1CN(S(=O)(=O)c2ccc(C(=O)O)s2)CC1C. The lowest BCUT2D eigenvalue weighted by Gasteiger charge is -2.14. The number of carboxylic acids is 1. The van der Waals surface area contributed by atoms with Crippen LogP contribution in [0.4, 0.5) is 0 Å². The molecular formula is C11H15NO4S2. The molecule has 2 unspecified atom stereocenters. The zero-order valence-corrected chi connectivity index (χ0v) is 11.8. The number of sulfonamides is 1. The summed E-state index contributed by atoms with van der Waals surface area (Å²) in [7, 11) is -3.53. The summed E-state index contributed by atoms with van der Waals surface area (Å²) in [4.78, 5) is 10.8. The molecule has 7 heteroatoms. The highest BCUT2D eigenvalue weighted by Gasteiger charge is 2.35. The second-order valence-electron chi connectivity index (χ2n) is 4.70. The summed E-state index contributed by atoms with van der Waals surface area (Å²) in [6.07, 6.45) is 0. The highest BCUT2D eigenvalue weighted by Crippen LogP contribution is 2.31. The van der Waals surface area contributed by atoms with Crippen molar-refractivity contribution in [1.29, 1.82) is 0 Å². The topological polar surface area (TPSA) is 74.7 Å². The lowest BCUT2D eigenvalue weighted by molar-refractivity contribution is 0.0702. The van der Waals surface area contributed by atoms with Crippen molar-refractivity contribution in [3.8, 4) is 0 Å². The molecule has 1 saturated heterocycles. The first-order chi connectivity index (χ1) is 8.32. The number of carbonyl (C=O) groups is 1. The predicted molar refractivity (Wildman–Crippen MR) is 68.4 cm³/mol. The minimum atomic E-state index is -3.53. The number of thiophene rings is 1. The fraction of sp³-hybridized carbons (Fsp3) is 0.545. The van der Waals surface area contributed by atoms with Crippen LogP contribution in [-0.4, -0.2) is 36.9 Å². The van der Waals surface area contributed by atoms with Crippen molar-refractivity contribution >= 4 is 27.3 Å². The van der Waals surface area contributed by atoms with Crippen molar-refractivity contribution < 1.29 is 18.3 Å². The second-order valence-corrected chi connectivity index (χ2v) is 7.95. The van der Waals surface area contributed by atoms with Crippen LogP contribution in [0, 0.1) is 11.8 Å². The molecule has 0 amide bonds. The summed E-state index contributed by atoms with van der Waals surface area (Å²) < 4.78 is 26.2. The molecule has 1 aromatic heterocycles. The van der Waals surface area contributed by atoms with Gasteiger partial charge in [-0.15, -0.1) is 11.3 Å². The van der Waals surface area contributed by atoms with Gasteiger partial charge in [-0.25, -0.2) is 13.2 Å². The maximum Gasteiger partial charge on any atom is 0.345 e. The number of carboxylic acid groups (broad SMARTS) is 1. The largest absolute Gasteiger partial charge is 0.477 e. The summed E-state index contributed by atoms with van der Waals surface area (Å²) in [6.45, 7) is 5.06. The van der Waals surface area contributed by atoms with E-state index in [2.05, 4.69) is 0 Å². The van der Waals surface area contributed by atoms with Crippen molar-refractivity contribution in [2.45, 2.75) is 18.1 Å². The molecule has 0 aliphatic carbocycles. The summed E-state index contributed by atoms with van der Waals surface area (Å²) in [5.41, 5.74) is 0. The van der Waals surface area contributed by atoms with Crippen LogP contribution in [0.2, 0.25) is 0 Å². The predicted octanol–water partition coefficient (Wildman–Crippen LogP) is 1.72. The summed E-state index contributed by atoms with van der Waals surface area (Å²) in [6, 6.07) is 2.71. The molecule has 1 aliphatic rings. The van der Waals surface area contributed by atoms with E-state index >= 15 is 0 Å². The van der Waals surface area contributed by atoms with Crippen LogP contribution in [0.25, 0.3) is 0 Å². The monoisotopic (exact) mass is 289 g/mol. The van der Waals surface area contributed by atoms with Gasteiger partial charge in [0, 0.05) is 13.1 Å².